The Morgan fingerprint density at radius 1 is 0.732 bits per heavy atom. The highest BCUT2D eigenvalue weighted by molar-refractivity contribution is 5.73. The number of unbranched alkanes of at least 4 members (excludes halogenated alkanes) is 15. The SMILES string of the molecule is CC/C=C\CC1C(CC(=O)OC(CCCCCCCC)C(C)(C)CC(C)(N)C(CCCCCCCC)CCCCCCCC)CCC1OC(=O)C1CCN(C)C1. The Morgan fingerprint density at radius 3 is 1.79 bits per heavy atom. The second kappa shape index (κ2) is 28.9. The van der Waals surface area contributed by atoms with Crippen LogP contribution in [0, 0.1) is 29.1 Å². The standard InChI is InChI=1S/C50H94N2O4/c1-9-13-17-20-23-27-30-43(31-28-24-21-18-14-10-2)50(7,51)40-49(5,6)46(33-29-25-22-19-15-11-3)56-47(53)38-41-34-35-45(44(41)32-26-16-12-4)55-48(54)42-36-37-52(8)39-42/h16,26,41-46H,9-15,17-25,27-40,51H2,1-8H3/b26-16-. The molecule has 328 valence electrons. The Kier molecular flexibility index (Phi) is 26.2. The molecule has 2 N–H and O–H groups in total. The van der Waals surface area contributed by atoms with E-state index in [1.165, 1.54) is 122 Å². The van der Waals surface area contributed by atoms with Crippen molar-refractivity contribution in [2.45, 2.75) is 246 Å². The lowest BCUT2D eigenvalue weighted by Crippen LogP contribution is -2.50. The lowest BCUT2D eigenvalue weighted by atomic mass is 9.67. The van der Waals surface area contributed by atoms with Crippen LogP contribution in [0.2, 0.25) is 0 Å². The number of carbonyl (C=O) groups is 2. The van der Waals surface area contributed by atoms with Crippen LogP contribution in [0.15, 0.2) is 12.2 Å². The van der Waals surface area contributed by atoms with Gasteiger partial charge in [-0.05, 0) is 96.6 Å². The second-order valence-electron chi connectivity index (χ2n) is 19.6. The average molecular weight is 787 g/mol. The summed E-state index contributed by atoms with van der Waals surface area (Å²) in [5.74, 6) is 0.612. The van der Waals surface area contributed by atoms with E-state index in [0.717, 1.165) is 64.5 Å². The van der Waals surface area contributed by atoms with Crippen molar-refractivity contribution in [3.8, 4) is 0 Å². The first-order valence-corrected chi connectivity index (χ1v) is 24.4. The Hall–Kier alpha value is -1.40. The molecule has 1 heterocycles. The number of esters is 2. The molecule has 1 saturated carbocycles. The minimum atomic E-state index is -0.324. The summed E-state index contributed by atoms with van der Waals surface area (Å²) in [6, 6.07) is 0. The van der Waals surface area contributed by atoms with Crippen LogP contribution < -0.4 is 5.73 Å². The minimum absolute atomic E-state index is 0.0368. The molecule has 6 unspecified atom stereocenters. The van der Waals surface area contributed by atoms with Crippen molar-refractivity contribution in [1.82, 2.24) is 4.90 Å². The summed E-state index contributed by atoms with van der Waals surface area (Å²) < 4.78 is 12.9. The zero-order valence-electron chi connectivity index (χ0n) is 38.5. The van der Waals surface area contributed by atoms with E-state index in [9.17, 15) is 9.59 Å². The maximum atomic E-state index is 14.1. The molecule has 0 radical (unpaired) electrons. The van der Waals surface area contributed by atoms with E-state index in [1.807, 2.05) is 0 Å². The summed E-state index contributed by atoms with van der Waals surface area (Å²) >= 11 is 0. The molecule has 1 aliphatic carbocycles. The fourth-order valence-corrected chi connectivity index (χ4v) is 10.2. The Labute approximate surface area is 348 Å². The summed E-state index contributed by atoms with van der Waals surface area (Å²) in [5.41, 5.74) is 6.91. The molecule has 2 rings (SSSR count). The van der Waals surface area contributed by atoms with Gasteiger partial charge < -0.3 is 20.1 Å². The van der Waals surface area contributed by atoms with Crippen LogP contribution in [0.4, 0.5) is 0 Å². The number of carbonyl (C=O) groups excluding carboxylic acids is 2. The largest absolute Gasteiger partial charge is 0.462 e. The number of nitrogens with zero attached hydrogens (tertiary/aromatic N) is 1. The maximum absolute atomic E-state index is 14.1. The van der Waals surface area contributed by atoms with Gasteiger partial charge in [0, 0.05) is 29.8 Å². The first kappa shape index (κ1) is 50.7. The van der Waals surface area contributed by atoms with Crippen molar-refractivity contribution < 1.29 is 19.1 Å². The van der Waals surface area contributed by atoms with Gasteiger partial charge in [0.2, 0.25) is 0 Å². The molecule has 6 heteroatoms. The van der Waals surface area contributed by atoms with Crippen LogP contribution in [-0.4, -0.2) is 54.7 Å². The third kappa shape index (κ3) is 20.0. The van der Waals surface area contributed by atoms with E-state index in [2.05, 4.69) is 72.6 Å². The van der Waals surface area contributed by atoms with Gasteiger partial charge in [0.25, 0.3) is 0 Å². The third-order valence-corrected chi connectivity index (χ3v) is 13.7. The lowest BCUT2D eigenvalue weighted by molar-refractivity contribution is -0.159. The molecule has 2 aliphatic rings. The molecule has 6 atom stereocenters. The van der Waals surface area contributed by atoms with Gasteiger partial charge in [0.05, 0.1) is 5.92 Å². The molecule has 0 aromatic rings. The van der Waals surface area contributed by atoms with Crippen LogP contribution in [0.25, 0.3) is 0 Å². The molecule has 1 aliphatic heterocycles. The summed E-state index contributed by atoms with van der Waals surface area (Å²) in [6.45, 7) is 17.7. The molecule has 0 aromatic heterocycles. The summed E-state index contributed by atoms with van der Waals surface area (Å²) in [7, 11) is 2.07. The van der Waals surface area contributed by atoms with Gasteiger partial charge in [-0.1, -0.05) is 163 Å². The normalized spacial score (nSPS) is 22.2. The van der Waals surface area contributed by atoms with Crippen molar-refractivity contribution >= 4 is 11.9 Å². The zero-order valence-corrected chi connectivity index (χ0v) is 38.5. The molecule has 1 saturated heterocycles. The smallest absolute Gasteiger partial charge is 0.310 e. The summed E-state index contributed by atoms with van der Waals surface area (Å²) in [6.07, 6.45) is 36.1. The quantitative estimate of drug-likeness (QED) is 0.0405. The van der Waals surface area contributed by atoms with Crippen LogP contribution in [0.5, 0.6) is 0 Å². The van der Waals surface area contributed by atoms with Gasteiger partial charge in [0.15, 0.2) is 0 Å². The second-order valence-corrected chi connectivity index (χ2v) is 19.6. The van der Waals surface area contributed by atoms with Gasteiger partial charge in [0.1, 0.15) is 12.2 Å². The van der Waals surface area contributed by atoms with Crippen molar-refractivity contribution in [2.75, 3.05) is 20.1 Å². The monoisotopic (exact) mass is 787 g/mol. The highest BCUT2D eigenvalue weighted by Crippen LogP contribution is 2.43. The van der Waals surface area contributed by atoms with Gasteiger partial charge in [-0.3, -0.25) is 9.59 Å². The van der Waals surface area contributed by atoms with E-state index in [0.29, 0.717) is 12.3 Å². The van der Waals surface area contributed by atoms with E-state index < -0.39 is 0 Å². The molecule has 56 heavy (non-hydrogen) atoms. The van der Waals surface area contributed by atoms with E-state index in [4.69, 9.17) is 15.2 Å². The topological polar surface area (TPSA) is 81.9 Å². The number of ether oxygens (including phenoxy) is 2. The number of rotatable bonds is 33. The first-order valence-electron chi connectivity index (χ1n) is 24.4. The van der Waals surface area contributed by atoms with Crippen LogP contribution in [-0.2, 0) is 19.1 Å². The third-order valence-electron chi connectivity index (χ3n) is 13.7. The molecular formula is C50H94N2O4. The molecular weight excluding hydrogens is 693 g/mol. The summed E-state index contributed by atoms with van der Waals surface area (Å²) in [4.78, 5) is 29.5. The van der Waals surface area contributed by atoms with Crippen molar-refractivity contribution in [1.29, 1.82) is 0 Å². The number of nitrogens with two attached hydrogens (primary N) is 1. The Bertz CT molecular complexity index is 1040. The average Bonchev–Trinajstić information content (AvgIpc) is 3.75. The number of hydrogen-bond acceptors (Lipinski definition) is 6. The zero-order chi connectivity index (χ0) is 41.2. The van der Waals surface area contributed by atoms with E-state index in [1.54, 1.807) is 0 Å². The molecule has 0 amide bonds. The number of hydrogen-bond donors (Lipinski definition) is 1. The highest BCUT2D eigenvalue weighted by Gasteiger charge is 2.43. The van der Waals surface area contributed by atoms with Crippen molar-refractivity contribution in [3.63, 3.8) is 0 Å². The number of likely N-dealkylation sites (tertiary alicyclic amines) is 1. The Morgan fingerprint density at radius 2 is 1.27 bits per heavy atom. The highest BCUT2D eigenvalue weighted by atomic mass is 16.5. The molecule has 2 fully saturated rings. The molecule has 0 aromatic carbocycles. The van der Waals surface area contributed by atoms with Gasteiger partial charge in [-0.15, -0.1) is 0 Å². The van der Waals surface area contributed by atoms with E-state index in [-0.39, 0.29) is 52.9 Å². The molecule has 0 bridgehead atoms. The van der Waals surface area contributed by atoms with Crippen molar-refractivity contribution in [2.24, 2.45) is 34.8 Å². The van der Waals surface area contributed by atoms with Crippen LogP contribution in [0.1, 0.15) is 228 Å². The van der Waals surface area contributed by atoms with Gasteiger partial charge in [-0.2, -0.15) is 0 Å². The van der Waals surface area contributed by atoms with Crippen molar-refractivity contribution in [3.05, 3.63) is 12.2 Å². The maximum Gasteiger partial charge on any atom is 0.310 e. The fourth-order valence-electron chi connectivity index (χ4n) is 10.2. The summed E-state index contributed by atoms with van der Waals surface area (Å²) in [5, 5.41) is 0. The predicted octanol–water partition coefficient (Wildman–Crippen LogP) is 13.5. The van der Waals surface area contributed by atoms with E-state index >= 15 is 0 Å². The van der Waals surface area contributed by atoms with Gasteiger partial charge >= 0.3 is 11.9 Å². The predicted molar refractivity (Wildman–Crippen MR) is 239 cm³/mol. The fraction of sp³-hybridized carbons (Fsp3) is 0.920. The molecule has 6 nitrogen and oxygen atoms in total. The Balaban J connectivity index is 2.18. The lowest BCUT2D eigenvalue weighted by Gasteiger charge is -2.44. The van der Waals surface area contributed by atoms with Crippen LogP contribution in [0.3, 0.4) is 0 Å². The van der Waals surface area contributed by atoms with Crippen LogP contribution >= 0.6 is 0 Å². The minimum Gasteiger partial charge on any atom is -0.462 e. The van der Waals surface area contributed by atoms with Gasteiger partial charge in [-0.25, -0.2) is 0 Å². The number of allylic oxidation sites excluding steroid dienone is 2. The first-order chi connectivity index (χ1) is 26.9. The molecule has 0 spiro atoms.